The molecule has 0 unspecified atom stereocenters. The predicted molar refractivity (Wildman–Crippen MR) is 108 cm³/mol. The number of esters is 2. The molecule has 1 saturated heterocycles. The smallest absolute Gasteiger partial charge is 0.303 e. The zero-order valence-corrected chi connectivity index (χ0v) is 18.9. The van der Waals surface area contributed by atoms with Crippen LogP contribution in [-0.2, 0) is 30.2 Å². The molecule has 156 valence electrons. The quantitative estimate of drug-likeness (QED) is 0.590. The molecule has 0 radical (unpaired) electrons. The lowest BCUT2D eigenvalue weighted by Crippen LogP contribution is -2.65. The van der Waals surface area contributed by atoms with Crippen LogP contribution < -0.4 is 4.74 Å². The Balaban J connectivity index is 2.47. The van der Waals surface area contributed by atoms with Crippen molar-refractivity contribution in [2.45, 2.75) is 78.5 Å². The van der Waals surface area contributed by atoms with E-state index in [-0.39, 0.29) is 12.0 Å². The average Bonchev–Trinajstić information content (AvgIpc) is 2.61. The molecule has 5 atom stereocenters. The Kier molecular flexibility index (Phi) is 7.51. The lowest BCUT2D eigenvalue weighted by Gasteiger charge is -2.50. The van der Waals surface area contributed by atoms with Crippen LogP contribution in [0.15, 0.2) is 22.7 Å². The van der Waals surface area contributed by atoms with Gasteiger partial charge in [-0.25, -0.2) is 0 Å². The molecule has 1 aromatic rings. The molecule has 2 rings (SSSR count). The van der Waals surface area contributed by atoms with Crippen LogP contribution in [0, 0.1) is 5.92 Å². The van der Waals surface area contributed by atoms with E-state index in [4.69, 9.17) is 18.9 Å². The summed E-state index contributed by atoms with van der Waals surface area (Å²) in [5, 5.41) is 0. The summed E-state index contributed by atoms with van der Waals surface area (Å²) < 4.78 is 24.7. The summed E-state index contributed by atoms with van der Waals surface area (Å²) in [4.78, 5) is 23.7. The van der Waals surface area contributed by atoms with Crippen LogP contribution in [0.1, 0.15) is 53.5 Å². The van der Waals surface area contributed by atoms with Crippen LogP contribution >= 0.6 is 15.9 Å². The van der Waals surface area contributed by atoms with Crippen molar-refractivity contribution in [2.75, 3.05) is 0 Å². The van der Waals surface area contributed by atoms with Crippen molar-refractivity contribution < 1.29 is 28.5 Å². The van der Waals surface area contributed by atoms with Gasteiger partial charge in [-0.05, 0) is 43.5 Å². The number of aryl methyl sites for hydroxylation is 1. The van der Waals surface area contributed by atoms with Crippen LogP contribution in [0.3, 0.4) is 0 Å². The molecule has 1 fully saturated rings. The maximum absolute atomic E-state index is 11.9. The van der Waals surface area contributed by atoms with Gasteiger partial charge >= 0.3 is 11.9 Å². The zero-order valence-electron chi connectivity index (χ0n) is 17.3. The Morgan fingerprint density at radius 2 is 1.89 bits per heavy atom. The number of hydrogen-bond donors (Lipinski definition) is 0. The van der Waals surface area contributed by atoms with Crippen molar-refractivity contribution in [3.05, 3.63) is 28.2 Å². The van der Waals surface area contributed by atoms with Crippen LogP contribution in [0.25, 0.3) is 0 Å². The fourth-order valence-electron chi connectivity index (χ4n) is 3.76. The fourth-order valence-corrected chi connectivity index (χ4v) is 4.16. The zero-order chi connectivity index (χ0) is 21.1. The molecule has 1 aliphatic rings. The van der Waals surface area contributed by atoms with Crippen molar-refractivity contribution >= 4 is 27.9 Å². The van der Waals surface area contributed by atoms with Gasteiger partial charge in [0.2, 0.25) is 11.9 Å². The molecule has 0 N–H and O–H groups in total. The molecule has 6 nitrogen and oxygen atoms in total. The Morgan fingerprint density at radius 1 is 1.21 bits per heavy atom. The molecule has 0 saturated carbocycles. The molecule has 7 heteroatoms. The van der Waals surface area contributed by atoms with Crippen LogP contribution in [0.4, 0.5) is 0 Å². The van der Waals surface area contributed by atoms with E-state index in [9.17, 15) is 9.59 Å². The Morgan fingerprint density at radius 3 is 2.43 bits per heavy atom. The van der Waals surface area contributed by atoms with Crippen LogP contribution in [0.5, 0.6) is 5.75 Å². The van der Waals surface area contributed by atoms with Gasteiger partial charge in [-0.3, -0.25) is 9.59 Å². The van der Waals surface area contributed by atoms with Gasteiger partial charge in [0.15, 0.2) is 6.10 Å². The highest BCUT2D eigenvalue weighted by atomic mass is 79.9. The van der Waals surface area contributed by atoms with E-state index in [0.29, 0.717) is 12.2 Å². The third-order valence-corrected chi connectivity index (χ3v) is 5.58. The van der Waals surface area contributed by atoms with Crippen molar-refractivity contribution in [3.8, 4) is 5.75 Å². The summed E-state index contributed by atoms with van der Waals surface area (Å²) in [5.74, 6) is -0.470. The monoisotopic (exact) mass is 456 g/mol. The minimum Gasteiger partial charge on any atom is -0.460 e. The Labute approximate surface area is 175 Å². The highest BCUT2D eigenvalue weighted by Gasteiger charge is 2.57. The molecule has 0 aromatic heterocycles. The third-order valence-electron chi connectivity index (χ3n) is 5.09. The van der Waals surface area contributed by atoms with Gasteiger partial charge in [-0.1, -0.05) is 36.7 Å². The van der Waals surface area contributed by atoms with Crippen molar-refractivity contribution in [1.29, 1.82) is 0 Å². The van der Waals surface area contributed by atoms with E-state index in [1.165, 1.54) is 13.8 Å². The second-order valence-corrected chi connectivity index (χ2v) is 8.22. The number of rotatable bonds is 6. The number of hydrogen-bond acceptors (Lipinski definition) is 6. The molecule has 0 bridgehead atoms. The van der Waals surface area contributed by atoms with Gasteiger partial charge in [0.25, 0.3) is 0 Å². The lowest BCUT2D eigenvalue weighted by molar-refractivity contribution is -0.304. The molecule has 1 aliphatic heterocycles. The maximum Gasteiger partial charge on any atom is 0.303 e. The number of ether oxygens (including phenoxy) is 4. The molecular weight excluding hydrogens is 428 g/mol. The predicted octanol–water partition coefficient (Wildman–Crippen LogP) is 4.41. The van der Waals surface area contributed by atoms with Gasteiger partial charge in [0.05, 0.1) is 6.10 Å². The molecular formula is C21H29BrO6. The van der Waals surface area contributed by atoms with Crippen LogP contribution in [0.2, 0.25) is 0 Å². The number of carbonyl (C=O) groups is 2. The molecule has 0 amide bonds. The molecule has 28 heavy (non-hydrogen) atoms. The van der Waals surface area contributed by atoms with Crippen molar-refractivity contribution in [3.63, 3.8) is 0 Å². The number of benzene rings is 1. The summed E-state index contributed by atoms with van der Waals surface area (Å²) in [6, 6.07) is 5.70. The summed E-state index contributed by atoms with van der Waals surface area (Å²) in [5.41, 5.74) is -0.306. The standard InChI is InChI=1S/C21H29BrO6/c1-7-15-11-16(22)9-10-18(15)27-20-21(6,28-14(5)24)19(25-13(4)23)12(3)17(8-2)26-20/h9-12,17,19-20H,7-8H2,1-6H3/t12-,17-,19+,20-,21+/m1/s1. The minimum absolute atomic E-state index is 0.173. The van der Waals surface area contributed by atoms with Crippen molar-refractivity contribution in [2.24, 2.45) is 5.92 Å². The number of halogens is 1. The van der Waals surface area contributed by atoms with Crippen LogP contribution in [-0.4, -0.2) is 36.0 Å². The fraction of sp³-hybridized carbons (Fsp3) is 0.619. The highest BCUT2D eigenvalue weighted by Crippen LogP contribution is 2.41. The second kappa shape index (κ2) is 9.27. The Hall–Kier alpha value is -1.60. The van der Waals surface area contributed by atoms with Gasteiger partial charge < -0.3 is 18.9 Å². The largest absolute Gasteiger partial charge is 0.460 e. The van der Waals surface area contributed by atoms with E-state index >= 15 is 0 Å². The van der Waals surface area contributed by atoms with Gasteiger partial charge in [0, 0.05) is 24.2 Å². The molecule has 1 heterocycles. The summed E-state index contributed by atoms with van der Waals surface area (Å²) >= 11 is 3.47. The van der Waals surface area contributed by atoms with Gasteiger partial charge in [0.1, 0.15) is 5.75 Å². The first kappa shape index (κ1) is 22.7. The first-order valence-electron chi connectivity index (χ1n) is 9.59. The lowest BCUT2D eigenvalue weighted by atomic mass is 9.81. The van der Waals surface area contributed by atoms with E-state index in [2.05, 4.69) is 15.9 Å². The summed E-state index contributed by atoms with van der Waals surface area (Å²) in [6.07, 6.45) is -0.368. The number of carbonyl (C=O) groups excluding carboxylic acids is 2. The highest BCUT2D eigenvalue weighted by molar-refractivity contribution is 9.10. The maximum atomic E-state index is 11.9. The van der Waals surface area contributed by atoms with Crippen molar-refractivity contribution in [1.82, 2.24) is 0 Å². The molecule has 1 aromatic carbocycles. The summed E-state index contributed by atoms with van der Waals surface area (Å²) in [6.45, 7) is 10.3. The summed E-state index contributed by atoms with van der Waals surface area (Å²) in [7, 11) is 0. The first-order valence-corrected chi connectivity index (χ1v) is 10.4. The average molecular weight is 457 g/mol. The van der Waals surface area contributed by atoms with E-state index in [0.717, 1.165) is 16.5 Å². The Bertz CT molecular complexity index is 721. The van der Waals surface area contributed by atoms with Gasteiger partial charge in [-0.2, -0.15) is 0 Å². The van der Waals surface area contributed by atoms with Gasteiger partial charge in [-0.15, -0.1) is 0 Å². The third kappa shape index (κ3) is 4.87. The normalized spacial score (nSPS) is 29.8. The first-order chi connectivity index (χ1) is 13.1. The second-order valence-electron chi connectivity index (χ2n) is 7.30. The molecule has 0 spiro atoms. The minimum atomic E-state index is -1.29. The van der Waals surface area contributed by atoms with E-state index < -0.39 is 29.9 Å². The molecule has 0 aliphatic carbocycles. The van der Waals surface area contributed by atoms with E-state index in [1.807, 2.05) is 39.0 Å². The topological polar surface area (TPSA) is 71.1 Å². The SMILES string of the molecule is CCc1cc(Br)ccc1O[C@H]1O[C@H](CC)[C@@H](C)[C@H](OC(C)=O)[C@]1(C)OC(C)=O. The van der Waals surface area contributed by atoms with E-state index in [1.54, 1.807) is 6.92 Å².